The molecule has 5 rings (SSSR count). The Kier molecular flexibility index (Phi) is 3.02. The summed E-state index contributed by atoms with van der Waals surface area (Å²) < 4.78 is 28.6. The first-order chi connectivity index (χ1) is 11.9. The van der Waals surface area contributed by atoms with Crippen LogP contribution in [0.4, 0.5) is 0 Å². The zero-order chi connectivity index (χ0) is 17.3. The number of aromatic nitrogens is 2. The maximum atomic E-state index is 12.7. The largest absolute Gasteiger partial charge is 0.339 e. The molecule has 2 aliphatic rings. The Bertz CT molecular complexity index is 1130. The van der Waals surface area contributed by atoms with Gasteiger partial charge < -0.3 is 4.57 Å². The fourth-order valence-electron chi connectivity index (χ4n) is 3.80. The first kappa shape index (κ1) is 15.2. The predicted octanol–water partition coefficient (Wildman–Crippen LogP) is 3.41. The van der Waals surface area contributed by atoms with Crippen LogP contribution in [0.3, 0.4) is 0 Å². The molecule has 0 aliphatic heterocycles. The van der Waals surface area contributed by atoms with E-state index in [1.54, 1.807) is 6.07 Å². The minimum Gasteiger partial charge on any atom is -0.339 e. The van der Waals surface area contributed by atoms with E-state index in [4.69, 9.17) is 0 Å². The second-order valence-corrected chi connectivity index (χ2v) is 9.33. The number of carbonyl (C=O) groups excluding carboxylic acids is 1. The molecule has 6 heteroatoms. The number of nitrogens with zero attached hydrogens (tertiary/aromatic N) is 2. The van der Waals surface area contributed by atoms with Crippen molar-refractivity contribution in [3.05, 3.63) is 36.0 Å². The Morgan fingerprint density at radius 1 is 1.12 bits per heavy atom. The monoisotopic (exact) mass is 356 g/mol. The predicted molar refractivity (Wildman–Crippen MR) is 97.5 cm³/mol. The Hall–Kier alpha value is -2.08. The van der Waals surface area contributed by atoms with Crippen LogP contribution in [0.2, 0.25) is 0 Å². The van der Waals surface area contributed by atoms with Crippen molar-refractivity contribution in [2.24, 2.45) is 11.8 Å². The van der Waals surface area contributed by atoms with Gasteiger partial charge >= 0.3 is 0 Å². The summed E-state index contributed by atoms with van der Waals surface area (Å²) in [5.41, 5.74) is 2.89. The molecule has 2 saturated carbocycles. The van der Waals surface area contributed by atoms with Crippen LogP contribution in [-0.4, -0.2) is 29.0 Å². The highest BCUT2D eigenvalue weighted by molar-refractivity contribution is 7.89. The Morgan fingerprint density at radius 3 is 2.48 bits per heavy atom. The Balaban J connectivity index is 1.88. The number of fused-ring (bicyclic) bond motifs is 3. The summed E-state index contributed by atoms with van der Waals surface area (Å²) in [5, 5.41) is 0.901. The summed E-state index contributed by atoms with van der Waals surface area (Å²) in [6.07, 6.45) is 5.34. The van der Waals surface area contributed by atoms with E-state index in [9.17, 15) is 13.2 Å². The first-order valence-corrected chi connectivity index (χ1v) is 10.7. The third kappa shape index (κ3) is 2.34. The average Bonchev–Trinajstić information content (AvgIpc) is 3.47. The average molecular weight is 356 g/mol. The summed E-state index contributed by atoms with van der Waals surface area (Å²) in [6, 6.07) is 9.69. The third-order valence-corrected chi connectivity index (χ3v) is 6.39. The van der Waals surface area contributed by atoms with Gasteiger partial charge in [-0.3, -0.25) is 4.79 Å². The summed E-state index contributed by atoms with van der Waals surface area (Å²) in [7, 11) is -3.58. The van der Waals surface area contributed by atoms with Gasteiger partial charge in [-0.05, 0) is 43.7 Å². The highest BCUT2D eigenvalue weighted by Gasteiger charge is 2.36. The van der Waals surface area contributed by atoms with E-state index in [1.807, 2.05) is 24.3 Å². The maximum Gasteiger partial charge on any atom is 0.236 e. The smallest absolute Gasteiger partial charge is 0.236 e. The molecule has 0 saturated heterocycles. The van der Waals surface area contributed by atoms with E-state index >= 15 is 0 Å². The van der Waals surface area contributed by atoms with E-state index < -0.39 is 10.0 Å². The molecule has 2 fully saturated rings. The lowest BCUT2D eigenvalue weighted by Gasteiger charge is -2.07. The topological polar surface area (TPSA) is 61.1 Å². The van der Waals surface area contributed by atoms with Crippen LogP contribution in [-0.2, 0) is 16.6 Å². The molecule has 0 amide bonds. The van der Waals surface area contributed by atoms with Gasteiger partial charge in [0.15, 0.2) is 5.78 Å². The van der Waals surface area contributed by atoms with Crippen molar-refractivity contribution < 1.29 is 13.2 Å². The number of hydrogen-bond donors (Lipinski definition) is 0. The normalized spacial score (nSPS) is 18.3. The van der Waals surface area contributed by atoms with Crippen LogP contribution < -0.4 is 0 Å². The van der Waals surface area contributed by atoms with Gasteiger partial charge in [0.05, 0.1) is 22.8 Å². The molecule has 1 aromatic carbocycles. The first-order valence-electron chi connectivity index (χ1n) is 8.82. The lowest BCUT2D eigenvalue weighted by Crippen LogP contribution is -2.17. The van der Waals surface area contributed by atoms with Crippen molar-refractivity contribution >= 4 is 37.7 Å². The summed E-state index contributed by atoms with van der Waals surface area (Å²) in [4.78, 5) is 12.7. The minimum absolute atomic E-state index is 0.0114. The number of hydrogen-bond acceptors (Lipinski definition) is 3. The highest BCUT2D eigenvalue weighted by Crippen LogP contribution is 2.40. The van der Waals surface area contributed by atoms with Gasteiger partial charge in [0, 0.05) is 17.8 Å². The Labute approximate surface area is 146 Å². The maximum absolute atomic E-state index is 12.7. The number of para-hydroxylation sites is 1. The molecule has 0 bridgehead atoms. The molecule has 3 aromatic rings. The molecule has 0 atom stereocenters. The molecular weight excluding hydrogens is 336 g/mol. The van der Waals surface area contributed by atoms with E-state index in [0.29, 0.717) is 17.1 Å². The SMILES string of the molecule is CS(=O)(=O)n1c(C(=O)C2CC2)cc2c1c1ccccc1n2CC1CC1. The molecule has 0 spiro atoms. The van der Waals surface area contributed by atoms with Crippen molar-refractivity contribution in [3.8, 4) is 0 Å². The summed E-state index contributed by atoms with van der Waals surface area (Å²) >= 11 is 0. The zero-order valence-corrected chi connectivity index (χ0v) is 14.9. The standard InChI is InChI=1S/C19H20N2O3S/c1-25(23,24)21-17(19(22)13-8-9-13)10-16-18(21)14-4-2-3-5-15(14)20(16)11-12-6-7-12/h2-5,10,12-13H,6-9,11H2,1H3. The summed E-state index contributed by atoms with van der Waals surface area (Å²) in [5.74, 6) is 0.606. The lowest BCUT2D eigenvalue weighted by molar-refractivity contribution is 0.0962. The molecule has 130 valence electrons. The molecule has 2 heterocycles. The molecule has 25 heavy (non-hydrogen) atoms. The van der Waals surface area contributed by atoms with Gasteiger partial charge in [-0.2, -0.15) is 0 Å². The van der Waals surface area contributed by atoms with Crippen molar-refractivity contribution in [2.45, 2.75) is 32.2 Å². The van der Waals surface area contributed by atoms with Crippen LogP contribution >= 0.6 is 0 Å². The second-order valence-electron chi connectivity index (χ2n) is 7.50. The molecular formula is C19H20N2O3S. The lowest BCUT2D eigenvalue weighted by atomic mass is 10.2. The van der Waals surface area contributed by atoms with Gasteiger partial charge in [0.1, 0.15) is 5.69 Å². The Morgan fingerprint density at radius 2 is 1.84 bits per heavy atom. The van der Waals surface area contributed by atoms with E-state index in [0.717, 1.165) is 35.8 Å². The number of ketones is 1. The van der Waals surface area contributed by atoms with Gasteiger partial charge in [-0.25, -0.2) is 12.4 Å². The van der Waals surface area contributed by atoms with Crippen LogP contribution in [0.25, 0.3) is 21.9 Å². The molecule has 2 aromatic heterocycles. The second kappa shape index (κ2) is 4.97. The van der Waals surface area contributed by atoms with Crippen LogP contribution in [0, 0.1) is 11.8 Å². The molecule has 5 nitrogen and oxygen atoms in total. The molecule has 0 unspecified atom stereocenters. The van der Waals surface area contributed by atoms with Gasteiger partial charge in [-0.1, -0.05) is 18.2 Å². The van der Waals surface area contributed by atoms with Gasteiger partial charge in [0.25, 0.3) is 0 Å². The number of carbonyl (C=O) groups is 1. The van der Waals surface area contributed by atoms with E-state index in [1.165, 1.54) is 23.1 Å². The molecule has 0 radical (unpaired) electrons. The van der Waals surface area contributed by atoms with Crippen LogP contribution in [0.15, 0.2) is 30.3 Å². The molecule has 0 N–H and O–H groups in total. The fraction of sp³-hybridized carbons (Fsp3) is 0.421. The van der Waals surface area contributed by atoms with Crippen molar-refractivity contribution in [3.63, 3.8) is 0 Å². The van der Waals surface area contributed by atoms with Crippen molar-refractivity contribution in [1.29, 1.82) is 0 Å². The number of benzene rings is 1. The van der Waals surface area contributed by atoms with Crippen LogP contribution in [0.1, 0.15) is 36.2 Å². The minimum atomic E-state index is -3.58. The van der Waals surface area contributed by atoms with Crippen molar-refractivity contribution in [1.82, 2.24) is 8.54 Å². The van der Waals surface area contributed by atoms with E-state index in [2.05, 4.69) is 4.57 Å². The molecule has 2 aliphatic carbocycles. The summed E-state index contributed by atoms with van der Waals surface area (Å²) in [6.45, 7) is 0.884. The quantitative estimate of drug-likeness (QED) is 0.658. The van der Waals surface area contributed by atoms with Crippen LogP contribution in [0.5, 0.6) is 0 Å². The highest BCUT2D eigenvalue weighted by atomic mass is 32.2. The van der Waals surface area contributed by atoms with Gasteiger partial charge in [0.2, 0.25) is 10.0 Å². The number of Topliss-reactive ketones (excluding diaryl/α,β-unsaturated/α-hetero) is 1. The van der Waals surface area contributed by atoms with Gasteiger partial charge in [-0.15, -0.1) is 0 Å². The van der Waals surface area contributed by atoms with E-state index in [-0.39, 0.29) is 11.7 Å². The van der Waals surface area contributed by atoms with Crippen molar-refractivity contribution in [2.75, 3.05) is 6.26 Å². The third-order valence-electron chi connectivity index (χ3n) is 5.35. The fourth-order valence-corrected chi connectivity index (χ4v) is 4.82. The number of rotatable bonds is 5. The zero-order valence-electron chi connectivity index (χ0n) is 14.1.